The van der Waals surface area contributed by atoms with Gasteiger partial charge in [-0.2, -0.15) is 0 Å². The largest absolute Gasteiger partial charge is 0.497 e. The van der Waals surface area contributed by atoms with E-state index in [4.69, 9.17) is 10.5 Å². The van der Waals surface area contributed by atoms with Crippen molar-refractivity contribution in [3.05, 3.63) is 35.5 Å². The summed E-state index contributed by atoms with van der Waals surface area (Å²) in [6.07, 6.45) is 0. The summed E-state index contributed by atoms with van der Waals surface area (Å²) in [6.45, 7) is 7.08. The van der Waals surface area contributed by atoms with Crippen LogP contribution in [-0.2, 0) is 0 Å². The molecule has 0 saturated heterocycles. The summed E-state index contributed by atoms with van der Waals surface area (Å²) in [6, 6.07) is 7.55. The highest BCUT2D eigenvalue weighted by Gasteiger charge is 2.23. The monoisotopic (exact) mass is 315 g/mol. The van der Waals surface area contributed by atoms with Crippen molar-refractivity contribution in [2.75, 3.05) is 27.2 Å². The normalized spacial score (nSPS) is 11.6. The molecule has 1 aromatic heterocycles. The number of nitrogens with two attached hydrogens (primary N) is 1. The Balaban J connectivity index is 2.35. The van der Waals surface area contributed by atoms with Crippen LogP contribution in [0.5, 0.6) is 5.75 Å². The minimum Gasteiger partial charge on any atom is -0.497 e. The number of amides is 1. The van der Waals surface area contributed by atoms with E-state index in [1.807, 2.05) is 31.2 Å². The number of carbonyl (C=O) groups excluding carboxylic acids is 1. The number of aryl methyl sites for hydroxylation is 1. The summed E-state index contributed by atoms with van der Waals surface area (Å²) < 4.78 is 5.22. The molecule has 5 nitrogen and oxygen atoms in total. The second-order valence-electron chi connectivity index (χ2n) is 6.71. The van der Waals surface area contributed by atoms with E-state index in [1.54, 1.807) is 19.1 Å². The van der Waals surface area contributed by atoms with Gasteiger partial charge in [-0.15, -0.1) is 0 Å². The molecule has 2 aromatic rings. The van der Waals surface area contributed by atoms with Crippen molar-refractivity contribution in [2.24, 2.45) is 11.1 Å². The molecule has 1 heterocycles. The minimum absolute atomic E-state index is 0.0331. The standard InChI is InChI=1S/C18H25N3O2/c1-12-15(17(22)21(4)11-18(2,3)10-19)8-13-6-7-14(23-5)9-16(13)20-12/h6-9H,10-11,19H2,1-5H3. The van der Waals surface area contributed by atoms with Crippen LogP contribution in [0.25, 0.3) is 10.9 Å². The molecule has 5 heteroatoms. The fraction of sp³-hybridized carbons (Fsp3) is 0.444. The Hall–Kier alpha value is -2.14. The Morgan fingerprint density at radius 3 is 2.65 bits per heavy atom. The van der Waals surface area contributed by atoms with Gasteiger partial charge >= 0.3 is 0 Å². The van der Waals surface area contributed by atoms with Crippen LogP contribution in [0.4, 0.5) is 0 Å². The molecule has 124 valence electrons. The van der Waals surface area contributed by atoms with E-state index < -0.39 is 0 Å². The van der Waals surface area contributed by atoms with Crippen molar-refractivity contribution in [3.8, 4) is 5.75 Å². The Labute approximate surface area is 137 Å². The molecular formula is C18H25N3O2. The molecule has 0 unspecified atom stereocenters. The molecule has 0 aliphatic rings. The van der Waals surface area contributed by atoms with Gasteiger partial charge in [0.15, 0.2) is 0 Å². The van der Waals surface area contributed by atoms with E-state index in [2.05, 4.69) is 18.8 Å². The topological polar surface area (TPSA) is 68.5 Å². The fourth-order valence-corrected chi connectivity index (χ4v) is 2.57. The fourth-order valence-electron chi connectivity index (χ4n) is 2.57. The molecule has 2 rings (SSSR count). The summed E-state index contributed by atoms with van der Waals surface area (Å²) in [5, 5.41) is 0.922. The maximum Gasteiger partial charge on any atom is 0.255 e. The maximum absolute atomic E-state index is 12.7. The average molecular weight is 315 g/mol. The van der Waals surface area contributed by atoms with Gasteiger partial charge in [0.25, 0.3) is 5.91 Å². The molecule has 0 aliphatic heterocycles. The molecule has 0 radical (unpaired) electrons. The van der Waals surface area contributed by atoms with Gasteiger partial charge in [0, 0.05) is 25.0 Å². The van der Waals surface area contributed by atoms with E-state index in [9.17, 15) is 4.79 Å². The van der Waals surface area contributed by atoms with Gasteiger partial charge in [-0.25, -0.2) is 0 Å². The zero-order valence-electron chi connectivity index (χ0n) is 14.5. The second-order valence-corrected chi connectivity index (χ2v) is 6.71. The van der Waals surface area contributed by atoms with Crippen LogP contribution >= 0.6 is 0 Å². The third kappa shape index (κ3) is 3.79. The lowest BCUT2D eigenvalue weighted by molar-refractivity contribution is 0.0739. The van der Waals surface area contributed by atoms with Crippen molar-refractivity contribution >= 4 is 16.8 Å². The number of fused-ring (bicyclic) bond motifs is 1. The van der Waals surface area contributed by atoms with Crippen molar-refractivity contribution < 1.29 is 9.53 Å². The molecule has 23 heavy (non-hydrogen) atoms. The number of methoxy groups -OCH3 is 1. The Morgan fingerprint density at radius 2 is 2.04 bits per heavy atom. The van der Waals surface area contributed by atoms with Crippen molar-refractivity contribution in [2.45, 2.75) is 20.8 Å². The number of carbonyl (C=O) groups is 1. The highest BCUT2D eigenvalue weighted by molar-refractivity contribution is 5.98. The molecule has 0 saturated carbocycles. The van der Waals surface area contributed by atoms with Gasteiger partial charge in [-0.1, -0.05) is 13.8 Å². The smallest absolute Gasteiger partial charge is 0.255 e. The lowest BCUT2D eigenvalue weighted by Crippen LogP contribution is -2.40. The molecule has 1 amide bonds. The van der Waals surface area contributed by atoms with Crippen LogP contribution in [-0.4, -0.2) is 43.0 Å². The molecule has 0 fully saturated rings. The van der Waals surface area contributed by atoms with E-state index in [1.165, 1.54) is 0 Å². The summed E-state index contributed by atoms with van der Waals surface area (Å²) >= 11 is 0. The third-order valence-corrected chi connectivity index (χ3v) is 4.01. The minimum atomic E-state index is -0.115. The van der Waals surface area contributed by atoms with Gasteiger partial charge in [0.2, 0.25) is 0 Å². The number of hydrogen-bond acceptors (Lipinski definition) is 4. The van der Waals surface area contributed by atoms with E-state index in [0.717, 1.165) is 16.7 Å². The quantitative estimate of drug-likeness (QED) is 0.921. The molecule has 0 atom stereocenters. The average Bonchev–Trinajstić information content (AvgIpc) is 2.52. The van der Waals surface area contributed by atoms with Gasteiger partial charge in [-0.3, -0.25) is 9.78 Å². The first-order valence-corrected chi connectivity index (χ1v) is 7.68. The summed E-state index contributed by atoms with van der Waals surface area (Å²) in [5.74, 6) is 0.722. The van der Waals surface area contributed by atoms with E-state index in [-0.39, 0.29) is 11.3 Å². The summed E-state index contributed by atoms with van der Waals surface area (Å²) in [5.41, 5.74) is 7.81. The number of ether oxygens (including phenoxy) is 1. The summed E-state index contributed by atoms with van der Waals surface area (Å²) in [7, 11) is 3.43. The van der Waals surface area contributed by atoms with E-state index >= 15 is 0 Å². The maximum atomic E-state index is 12.7. The number of rotatable bonds is 5. The number of hydrogen-bond donors (Lipinski definition) is 1. The van der Waals surface area contributed by atoms with Crippen molar-refractivity contribution in [3.63, 3.8) is 0 Å². The van der Waals surface area contributed by atoms with Gasteiger partial charge in [0.05, 0.1) is 23.9 Å². The third-order valence-electron chi connectivity index (χ3n) is 4.01. The predicted molar refractivity (Wildman–Crippen MR) is 92.8 cm³/mol. The molecular weight excluding hydrogens is 290 g/mol. The number of benzene rings is 1. The van der Waals surface area contributed by atoms with Gasteiger partial charge in [0.1, 0.15) is 5.75 Å². The van der Waals surface area contributed by atoms with Crippen LogP contribution in [0.1, 0.15) is 29.9 Å². The first kappa shape index (κ1) is 17.2. The number of pyridine rings is 1. The molecule has 0 bridgehead atoms. The zero-order chi connectivity index (χ0) is 17.2. The molecule has 1 aromatic carbocycles. The van der Waals surface area contributed by atoms with Crippen LogP contribution in [0, 0.1) is 12.3 Å². The number of nitrogens with zero attached hydrogens (tertiary/aromatic N) is 2. The van der Waals surface area contributed by atoms with Crippen LogP contribution in [0.3, 0.4) is 0 Å². The van der Waals surface area contributed by atoms with Gasteiger partial charge in [-0.05, 0) is 37.1 Å². The molecule has 0 spiro atoms. The highest BCUT2D eigenvalue weighted by Crippen LogP contribution is 2.23. The first-order valence-electron chi connectivity index (χ1n) is 7.68. The lowest BCUT2D eigenvalue weighted by Gasteiger charge is -2.29. The Morgan fingerprint density at radius 1 is 1.35 bits per heavy atom. The van der Waals surface area contributed by atoms with Crippen LogP contribution in [0.2, 0.25) is 0 Å². The Kier molecular flexibility index (Phi) is 4.90. The predicted octanol–water partition coefficient (Wildman–Crippen LogP) is 2.61. The van der Waals surface area contributed by atoms with Crippen LogP contribution in [0.15, 0.2) is 24.3 Å². The van der Waals surface area contributed by atoms with E-state index in [0.29, 0.717) is 24.3 Å². The highest BCUT2D eigenvalue weighted by atomic mass is 16.5. The Bertz CT molecular complexity index is 726. The second kappa shape index (κ2) is 6.54. The SMILES string of the molecule is COc1ccc2cc(C(=O)N(C)CC(C)(C)CN)c(C)nc2c1. The van der Waals surface area contributed by atoms with Crippen molar-refractivity contribution in [1.29, 1.82) is 0 Å². The lowest BCUT2D eigenvalue weighted by atomic mass is 9.93. The van der Waals surface area contributed by atoms with Gasteiger partial charge < -0.3 is 15.4 Å². The zero-order valence-corrected chi connectivity index (χ0v) is 14.5. The first-order chi connectivity index (χ1) is 10.8. The van der Waals surface area contributed by atoms with Crippen LogP contribution < -0.4 is 10.5 Å². The molecule has 0 aliphatic carbocycles. The number of aromatic nitrogens is 1. The molecule has 2 N–H and O–H groups in total. The van der Waals surface area contributed by atoms with Crippen molar-refractivity contribution in [1.82, 2.24) is 9.88 Å². The summed E-state index contributed by atoms with van der Waals surface area (Å²) in [4.78, 5) is 19.0.